The molecule has 1 aromatic rings. The lowest BCUT2D eigenvalue weighted by Gasteiger charge is -2.27. The summed E-state index contributed by atoms with van der Waals surface area (Å²) in [5.74, 6) is 0.582. The molecule has 1 aromatic carbocycles. The van der Waals surface area contributed by atoms with Gasteiger partial charge in [0.2, 0.25) is 0 Å². The van der Waals surface area contributed by atoms with Crippen molar-refractivity contribution in [1.29, 1.82) is 5.26 Å². The molecule has 0 spiro atoms. The number of benzene rings is 1. The van der Waals surface area contributed by atoms with Gasteiger partial charge in [0.15, 0.2) is 0 Å². The molecule has 2 atom stereocenters. The predicted octanol–water partition coefficient (Wildman–Crippen LogP) is 4.45. The van der Waals surface area contributed by atoms with Crippen LogP contribution in [-0.4, -0.2) is 6.10 Å². The van der Waals surface area contributed by atoms with Crippen LogP contribution in [0, 0.1) is 17.2 Å². The molecule has 17 heavy (non-hydrogen) atoms. The summed E-state index contributed by atoms with van der Waals surface area (Å²) in [4.78, 5) is 0. The average Bonchev–Trinajstić information content (AvgIpc) is 2.33. The van der Waals surface area contributed by atoms with E-state index in [4.69, 9.17) is 33.2 Å². The summed E-state index contributed by atoms with van der Waals surface area (Å²) in [6.45, 7) is 0. The number of halogens is 2. The Labute approximate surface area is 111 Å². The van der Waals surface area contributed by atoms with Crippen LogP contribution in [0.2, 0.25) is 10.0 Å². The maximum absolute atomic E-state index is 9.07. The molecular formula is C13H13Cl2NO. The van der Waals surface area contributed by atoms with E-state index in [2.05, 4.69) is 6.07 Å². The maximum atomic E-state index is 9.07. The molecule has 0 aliphatic heterocycles. The molecule has 0 heterocycles. The van der Waals surface area contributed by atoms with Gasteiger partial charge in [0, 0.05) is 5.02 Å². The van der Waals surface area contributed by atoms with Crippen molar-refractivity contribution in [2.45, 2.75) is 31.8 Å². The molecule has 0 bridgehead atoms. The van der Waals surface area contributed by atoms with E-state index < -0.39 is 0 Å². The lowest BCUT2D eigenvalue weighted by atomic mass is 9.87. The summed E-state index contributed by atoms with van der Waals surface area (Å²) in [6, 6.07) is 7.47. The molecule has 2 rings (SSSR count). The Balaban J connectivity index is 2.11. The van der Waals surface area contributed by atoms with Gasteiger partial charge in [-0.05, 0) is 37.5 Å². The Morgan fingerprint density at radius 1 is 1.24 bits per heavy atom. The summed E-state index contributed by atoms with van der Waals surface area (Å²) >= 11 is 11.9. The van der Waals surface area contributed by atoms with Crippen molar-refractivity contribution in [3.05, 3.63) is 28.2 Å². The molecule has 1 aliphatic carbocycles. The molecule has 0 aromatic heterocycles. The minimum absolute atomic E-state index is 0.0319. The van der Waals surface area contributed by atoms with E-state index in [0.29, 0.717) is 15.8 Å². The summed E-state index contributed by atoms with van der Waals surface area (Å²) in [7, 11) is 0. The largest absolute Gasteiger partial charge is 0.487 e. The lowest BCUT2D eigenvalue weighted by Crippen LogP contribution is -2.29. The van der Waals surface area contributed by atoms with Gasteiger partial charge in [0.25, 0.3) is 0 Å². The summed E-state index contributed by atoms with van der Waals surface area (Å²) < 4.78 is 5.83. The quantitative estimate of drug-likeness (QED) is 0.795. The molecule has 0 saturated heterocycles. The first-order chi connectivity index (χ1) is 8.20. The first kappa shape index (κ1) is 12.5. The molecule has 0 N–H and O–H groups in total. The third-order valence-corrected chi connectivity index (χ3v) is 3.57. The minimum Gasteiger partial charge on any atom is -0.487 e. The number of hydrogen-bond donors (Lipinski definition) is 0. The molecule has 1 aliphatic rings. The summed E-state index contributed by atoms with van der Waals surface area (Å²) in [5.41, 5.74) is 0. The Hall–Kier alpha value is -0.910. The predicted molar refractivity (Wildman–Crippen MR) is 68.4 cm³/mol. The fourth-order valence-corrected chi connectivity index (χ4v) is 2.57. The van der Waals surface area contributed by atoms with E-state index in [1.807, 2.05) is 0 Å². The minimum atomic E-state index is -0.0487. The maximum Gasteiger partial charge on any atom is 0.138 e. The van der Waals surface area contributed by atoms with Crippen LogP contribution in [0.15, 0.2) is 18.2 Å². The molecule has 0 amide bonds. The molecule has 1 saturated carbocycles. The summed E-state index contributed by atoms with van der Waals surface area (Å²) in [5, 5.41) is 10.2. The number of nitriles is 1. The van der Waals surface area contributed by atoms with Crippen molar-refractivity contribution < 1.29 is 4.74 Å². The Kier molecular flexibility index (Phi) is 4.15. The van der Waals surface area contributed by atoms with Gasteiger partial charge in [-0.3, -0.25) is 0 Å². The number of nitrogens with zero attached hydrogens (tertiary/aromatic N) is 1. The SMILES string of the molecule is N#CC1CCCCC1Oc1ccc(Cl)cc1Cl. The van der Waals surface area contributed by atoms with Crippen molar-refractivity contribution in [2.24, 2.45) is 5.92 Å². The molecule has 1 fully saturated rings. The highest BCUT2D eigenvalue weighted by Gasteiger charge is 2.27. The van der Waals surface area contributed by atoms with Crippen LogP contribution in [0.3, 0.4) is 0 Å². The normalized spacial score (nSPS) is 24.1. The zero-order valence-corrected chi connectivity index (χ0v) is 10.8. The highest BCUT2D eigenvalue weighted by molar-refractivity contribution is 6.35. The van der Waals surface area contributed by atoms with E-state index in [9.17, 15) is 0 Å². The second-order valence-corrected chi connectivity index (χ2v) is 5.09. The van der Waals surface area contributed by atoms with Crippen LogP contribution in [0.5, 0.6) is 5.75 Å². The third kappa shape index (κ3) is 3.06. The van der Waals surface area contributed by atoms with Crippen LogP contribution in [-0.2, 0) is 0 Å². The third-order valence-electron chi connectivity index (χ3n) is 3.04. The zero-order chi connectivity index (χ0) is 12.3. The average molecular weight is 270 g/mol. The fourth-order valence-electron chi connectivity index (χ4n) is 2.12. The first-order valence-electron chi connectivity index (χ1n) is 5.72. The van der Waals surface area contributed by atoms with E-state index in [1.165, 1.54) is 0 Å². The van der Waals surface area contributed by atoms with Gasteiger partial charge >= 0.3 is 0 Å². The van der Waals surface area contributed by atoms with Crippen molar-refractivity contribution in [1.82, 2.24) is 0 Å². The number of rotatable bonds is 2. The highest BCUT2D eigenvalue weighted by Crippen LogP contribution is 2.33. The lowest BCUT2D eigenvalue weighted by molar-refractivity contribution is 0.120. The molecule has 4 heteroatoms. The second-order valence-electron chi connectivity index (χ2n) is 4.25. The molecule has 2 unspecified atom stereocenters. The standard InChI is InChI=1S/C13H13Cl2NO/c14-10-5-6-13(11(15)7-10)17-12-4-2-1-3-9(12)8-16/h5-7,9,12H,1-4H2. The van der Waals surface area contributed by atoms with Gasteiger partial charge in [0.05, 0.1) is 17.0 Å². The van der Waals surface area contributed by atoms with E-state index in [1.54, 1.807) is 18.2 Å². The topological polar surface area (TPSA) is 33.0 Å². The Morgan fingerprint density at radius 2 is 2.00 bits per heavy atom. The van der Waals surface area contributed by atoms with Crippen LogP contribution >= 0.6 is 23.2 Å². The molecule has 90 valence electrons. The Bertz CT molecular complexity index is 442. The zero-order valence-electron chi connectivity index (χ0n) is 9.33. The van der Waals surface area contributed by atoms with Gasteiger partial charge in [0.1, 0.15) is 11.9 Å². The number of ether oxygens (including phenoxy) is 1. The first-order valence-corrected chi connectivity index (χ1v) is 6.47. The van der Waals surface area contributed by atoms with Gasteiger partial charge < -0.3 is 4.74 Å². The van der Waals surface area contributed by atoms with Crippen molar-refractivity contribution in [3.8, 4) is 11.8 Å². The van der Waals surface area contributed by atoms with Crippen LogP contribution in [0.1, 0.15) is 25.7 Å². The number of hydrogen-bond acceptors (Lipinski definition) is 2. The second kappa shape index (κ2) is 5.62. The van der Waals surface area contributed by atoms with E-state index in [-0.39, 0.29) is 12.0 Å². The molecular weight excluding hydrogens is 257 g/mol. The van der Waals surface area contributed by atoms with Crippen LogP contribution in [0.4, 0.5) is 0 Å². The monoisotopic (exact) mass is 269 g/mol. The smallest absolute Gasteiger partial charge is 0.138 e. The highest BCUT2D eigenvalue weighted by atomic mass is 35.5. The van der Waals surface area contributed by atoms with Gasteiger partial charge in [-0.1, -0.05) is 29.6 Å². The summed E-state index contributed by atoms with van der Waals surface area (Å²) in [6.07, 6.45) is 3.98. The van der Waals surface area contributed by atoms with Crippen LogP contribution in [0.25, 0.3) is 0 Å². The van der Waals surface area contributed by atoms with Gasteiger partial charge in [-0.2, -0.15) is 5.26 Å². The van der Waals surface area contributed by atoms with Crippen molar-refractivity contribution in [3.63, 3.8) is 0 Å². The van der Waals surface area contributed by atoms with Gasteiger partial charge in [-0.25, -0.2) is 0 Å². The Morgan fingerprint density at radius 3 is 2.71 bits per heavy atom. The van der Waals surface area contributed by atoms with Crippen molar-refractivity contribution in [2.75, 3.05) is 0 Å². The van der Waals surface area contributed by atoms with E-state index >= 15 is 0 Å². The van der Waals surface area contributed by atoms with Crippen molar-refractivity contribution >= 4 is 23.2 Å². The van der Waals surface area contributed by atoms with Crippen LogP contribution < -0.4 is 4.74 Å². The van der Waals surface area contributed by atoms with Gasteiger partial charge in [-0.15, -0.1) is 0 Å². The fraction of sp³-hybridized carbons (Fsp3) is 0.462. The molecule has 2 nitrogen and oxygen atoms in total. The van der Waals surface area contributed by atoms with E-state index in [0.717, 1.165) is 25.7 Å². The molecule has 0 radical (unpaired) electrons.